The van der Waals surface area contributed by atoms with Crippen LogP contribution in [0.15, 0.2) is 59.7 Å². The zero-order valence-corrected chi connectivity index (χ0v) is 18.2. The molecular formula is C25H27N3O4. The number of fused-ring (bicyclic) bond motifs is 1. The van der Waals surface area contributed by atoms with Crippen molar-refractivity contribution >= 4 is 29.2 Å². The van der Waals surface area contributed by atoms with Gasteiger partial charge in [0.25, 0.3) is 0 Å². The first-order chi connectivity index (χ1) is 15.6. The molecule has 7 heteroatoms. The van der Waals surface area contributed by atoms with Crippen molar-refractivity contribution in [3.05, 3.63) is 65.7 Å². The first-order valence-electron chi connectivity index (χ1n) is 11.1. The van der Waals surface area contributed by atoms with Gasteiger partial charge in [0.1, 0.15) is 12.3 Å². The number of anilines is 1. The number of nitrogens with zero attached hydrogens (tertiary/aromatic N) is 3. The first-order valence-corrected chi connectivity index (χ1v) is 11.1. The SMILES string of the molecule is CCOC(=O)CN1N=C(c2ccccc2)c2ccccc2N(CC(=O)C2CCCC2)C1=O. The van der Waals surface area contributed by atoms with Crippen LogP contribution in [-0.2, 0) is 14.3 Å². The van der Waals surface area contributed by atoms with Gasteiger partial charge in [0.15, 0.2) is 5.78 Å². The van der Waals surface area contributed by atoms with Crippen LogP contribution in [0.5, 0.6) is 0 Å². The average molecular weight is 434 g/mol. The molecule has 2 amide bonds. The molecule has 32 heavy (non-hydrogen) atoms. The molecule has 7 nitrogen and oxygen atoms in total. The van der Waals surface area contributed by atoms with Crippen molar-refractivity contribution in [3.63, 3.8) is 0 Å². The van der Waals surface area contributed by atoms with Crippen molar-refractivity contribution in [2.45, 2.75) is 32.6 Å². The van der Waals surface area contributed by atoms with Crippen LogP contribution < -0.4 is 4.90 Å². The Balaban J connectivity index is 1.77. The fourth-order valence-electron chi connectivity index (χ4n) is 4.30. The summed E-state index contributed by atoms with van der Waals surface area (Å²) in [7, 11) is 0. The standard InChI is InChI=1S/C25H27N3O4/c1-2-32-23(30)17-28-25(31)27(16-22(29)18-10-6-7-11-18)21-15-9-8-14-20(21)24(26-28)19-12-4-3-5-13-19/h3-5,8-9,12-15,18H,2,6-7,10-11,16-17H2,1H3. The summed E-state index contributed by atoms with van der Waals surface area (Å²) in [6.45, 7) is 1.55. The van der Waals surface area contributed by atoms with Crippen LogP contribution >= 0.6 is 0 Å². The fraction of sp³-hybridized carbons (Fsp3) is 0.360. The molecule has 0 spiro atoms. The largest absolute Gasteiger partial charge is 0.465 e. The summed E-state index contributed by atoms with van der Waals surface area (Å²) in [4.78, 5) is 40.3. The lowest BCUT2D eigenvalue weighted by Gasteiger charge is -2.26. The average Bonchev–Trinajstić information content (AvgIpc) is 3.32. The second-order valence-corrected chi connectivity index (χ2v) is 8.01. The van der Waals surface area contributed by atoms with Gasteiger partial charge in [0.05, 0.1) is 18.8 Å². The van der Waals surface area contributed by atoms with Gasteiger partial charge >= 0.3 is 12.0 Å². The number of para-hydroxylation sites is 1. The van der Waals surface area contributed by atoms with Crippen LogP contribution in [0.3, 0.4) is 0 Å². The summed E-state index contributed by atoms with van der Waals surface area (Å²) in [6.07, 6.45) is 3.80. The van der Waals surface area contributed by atoms with Crippen LogP contribution in [0.4, 0.5) is 10.5 Å². The number of Topliss-reactive ketones (excluding diaryl/α,β-unsaturated/α-hetero) is 1. The summed E-state index contributed by atoms with van der Waals surface area (Å²) < 4.78 is 5.06. The van der Waals surface area contributed by atoms with E-state index < -0.39 is 12.0 Å². The van der Waals surface area contributed by atoms with Crippen LogP contribution in [0, 0.1) is 5.92 Å². The minimum atomic E-state index is -0.551. The topological polar surface area (TPSA) is 79.3 Å². The quantitative estimate of drug-likeness (QED) is 0.618. The van der Waals surface area contributed by atoms with E-state index in [2.05, 4.69) is 5.10 Å². The molecule has 0 bridgehead atoms. The Morgan fingerprint density at radius 1 is 1.00 bits per heavy atom. The maximum atomic E-state index is 13.6. The number of hydrazone groups is 1. The van der Waals surface area contributed by atoms with Gasteiger partial charge in [-0.05, 0) is 25.8 Å². The molecule has 1 saturated carbocycles. The van der Waals surface area contributed by atoms with E-state index in [0.29, 0.717) is 11.4 Å². The smallest absolute Gasteiger partial charge is 0.345 e. The number of hydrogen-bond acceptors (Lipinski definition) is 5. The summed E-state index contributed by atoms with van der Waals surface area (Å²) in [5.41, 5.74) is 2.72. The lowest BCUT2D eigenvalue weighted by molar-refractivity contribution is -0.143. The summed E-state index contributed by atoms with van der Waals surface area (Å²) in [5, 5.41) is 5.71. The van der Waals surface area contributed by atoms with Gasteiger partial charge in [-0.1, -0.05) is 61.4 Å². The number of urea groups is 1. The van der Waals surface area contributed by atoms with E-state index in [4.69, 9.17) is 4.74 Å². The molecule has 0 aromatic heterocycles. The second-order valence-electron chi connectivity index (χ2n) is 8.01. The van der Waals surface area contributed by atoms with Gasteiger partial charge in [-0.3, -0.25) is 14.5 Å². The van der Waals surface area contributed by atoms with E-state index in [0.717, 1.165) is 41.8 Å². The van der Waals surface area contributed by atoms with Crippen LogP contribution in [0.25, 0.3) is 0 Å². The maximum Gasteiger partial charge on any atom is 0.345 e. The van der Waals surface area contributed by atoms with Crippen molar-refractivity contribution in [1.82, 2.24) is 5.01 Å². The summed E-state index contributed by atoms with van der Waals surface area (Å²) >= 11 is 0. The molecule has 4 rings (SSSR count). The number of ketones is 1. The Bertz CT molecular complexity index is 1030. The maximum absolute atomic E-state index is 13.6. The molecule has 0 radical (unpaired) electrons. The first kappa shape index (κ1) is 21.7. The minimum Gasteiger partial charge on any atom is -0.465 e. The number of carbonyl (C=O) groups excluding carboxylic acids is 3. The highest BCUT2D eigenvalue weighted by Crippen LogP contribution is 2.31. The van der Waals surface area contributed by atoms with E-state index in [1.807, 2.05) is 54.6 Å². The van der Waals surface area contributed by atoms with E-state index in [1.165, 1.54) is 4.90 Å². The molecule has 0 saturated heterocycles. The highest BCUT2D eigenvalue weighted by Gasteiger charge is 2.34. The molecular weight excluding hydrogens is 406 g/mol. The molecule has 2 aromatic rings. The normalized spacial score (nSPS) is 16.4. The number of ether oxygens (including phenoxy) is 1. The summed E-state index contributed by atoms with van der Waals surface area (Å²) in [5.74, 6) is -0.527. The fourth-order valence-corrected chi connectivity index (χ4v) is 4.30. The lowest BCUT2D eigenvalue weighted by atomic mass is 9.99. The Kier molecular flexibility index (Phi) is 6.63. The molecule has 166 valence electrons. The Labute approximate surface area is 187 Å². The Morgan fingerprint density at radius 3 is 2.41 bits per heavy atom. The Morgan fingerprint density at radius 2 is 1.69 bits per heavy atom. The van der Waals surface area contributed by atoms with Gasteiger partial charge in [-0.25, -0.2) is 9.80 Å². The third-order valence-electron chi connectivity index (χ3n) is 5.88. The predicted molar refractivity (Wildman–Crippen MR) is 122 cm³/mol. The highest BCUT2D eigenvalue weighted by atomic mass is 16.5. The van der Waals surface area contributed by atoms with Crippen molar-refractivity contribution in [2.75, 3.05) is 24.6 Å². The molecule has 0 atom stereocenters. The minimum absolute atomic E-state index is 0.0220. The molecule has 1 aliphatic carbocycles. The Hall–Kier alpha value is -3.48. The van der Waals surface area contributed by atoms with Crippen molar-refractivity contribution in [2.24, 2.45) is 11.0 Å². The van der Waals surface area contributed by atoms with Crippen molar-refractivity contribution < 1.29 is 19.1 Å². The van der Waals surface area contributed by atoms with Gasteiger partial charge < -0.3 is 4.74 Å². The van der Waals surface area contributed by atoms with E-state index in [-0.39, 0.29) is 31.4 Å². The number of amides is 2. The second kappa shape index (κ2) is 9.77. The molecule has 0 unspecified atom stereocenters. The van der Waals surface area contributed by atoms with E-state index >= 15 is 0 Å². The lowest BCUT2D eigenvalue weighted by Crippen LogP contribution is -2.45. The van der Waals surface area contributed by atoms with Gasteiger partial charge in [0, 0.05) is 17.0 Å². The van der Waals surface area contributed by atoms with Crippen molar-refractivity contribution in [1.29, 1.82) is 0 Å². The number of carbonyl (C=O) groups is 3. The van der Waals surface area contributed by atoms with Gasteiger partial charge in [-0.15, -0.1) is 0 Å². The number of esters is 1. The zero-order chi connectivity index (χ0) is 22.5. The molecule has 2 aromatic carbocycles. The number of hydrogen-bond donors (Lipinski definition) is 0. The molecule has 0 N–H and O–H groups in total. The molecule has 2 aliphatic rings. The molecule has 1 aliphatic heterocycles. The van der Waals surface area contributed by atoms with Crippen LogP contribution in [0.1, 0.15) is 43.7 Å². The van der Waals surface area contributed by atoms with Crippen LogP contribution in [-0.4, -0.2) is 48.2 Å². The van der Waals surface area contributed by atoms with Crippen LogP contribution in [0.2, 0.25) is 0 Å². The molecule has 1 fully saturated rings. The molecule has 1 heterocycles. The highest BCUT2D eigenvalue weighted by molar-refractivity contribution is 6.19. The number of benzene rings is 2. The monoisotopic (exact) mass is 433 g/mol. The van der Waals surface area contributed by atoms with Gasteiger partial charge in [0.2, 0.25) is 0 Å². The van der Waals surface area contributed by atoms with Crippen molar-refractivity contribution in [3.8, 4) is 0 Å². The van der Waals surface area contributed by atoms with Gasteiger partial charge in [-0.2, -0.15) is 5.10 Å². The van der Waals surface area contributed by atoms with E-state index in [1.54, 1.807) is 6.92 Å². The number of rotatable bonds is 7. The predicted octanol–water partition coefficient (Wildman–Crippen LogP) is 4.00. The summed E-state index contributed by atoms with van der Waals surface area (Å²) in [6, 6.07) is 16.4. The third-order valence-corrected chi connectivity index (χ3v) is 5.88. The zero-order valence-electron chi connectivity index (χ0n) is 18.2. The third kappa shape index (κ3) is 4.56. The van der Waals surface area contributed by atoms with E-state index in [9.17, 15) is 14.4 Å².